The van der Waals surface area contributed by atoms with Crippen LogP contribution in [0.4, 0.5) is 0 Å². The van der Waals surface area contributed by atoms with E-state index in [1.807, 2.05) is 61.3 Å². The molecule has 1 N–H and O–H groups in total. The molecular formula is C19H24ClNO3. The van der Waals surface area contributed by atoms with Crippen molar-refractivity contribution < 1.29 is 14.6 Å². The molecule has 0 fully saturated rings. The van der Waals surface area contributed by atoms with Crippen LogP contribution < -0.4 is 9.47 Å². The molecule has 0 aliphatic heterocycles. The predicted octanol–water partition coefficient (Wildman–Crippen LogP) is 3.40. The Morgan fingerprint density at radius 2 is 1.83 bits per heavy atom. The second-order valence-electron chi connectivity index (χ2n) is 5.85. The topological polar surface area (TPSA) is 41.9 Å². The van der Waals surface area contributed by atoms with Gasteiger partial charge in [0.2, 0.25) is 0 Å². The van der Waals surface area contributed by atoms with E-state index in [-0.39, 0.29) is 6.61 Å². The molecule has 0 spiro atoms. The molecule has 0 saturated carbocycles. The Labute approximate surface area is 148 Å². The minimum absolute atomic E-state index is 0.266. The Morgan fingerprint density at radius 1 is 1.08 bits per heavy atom. The maximum absolute atomic E-state index is 10.1. The molecular weight excluding hydrogens is 326 g/mol. The number of aliphatic hydroxyl groups excluding tert-OH is 1. The van der Waals surface area contributed by atoms with Crippen molar-refractivity contribution in [3.8, 4) is 11.5 Å². The number of nitrogens with zero attached hydrogens (tertiary/aromatic N) is 1. The lowest BCUT2D eigenvalue weighted by atomic mass is 10.2. The fourth-order valence-corrected chi connectivity index (χ4v) is 2.39. The Bertz CT molecular complexity index is 618. The fourth-order valence-electron chi connectivity index (χ4n) is 2.21. The monoisotopic (exact) mass is 349 g/mol. The van der Waals surface area contributed by atoms with E-state index in [4.69, 9.17) is 21.1 Å². The molecule has 0 aliphatic rings. The zero-order valence-electron chi connectivity index (χ0n) is 14.1. The minimum Gasteiger partial charge on any atom is -0.492 e. The van der Waals surface area contributed by atoms with Crippen molar-refractivity contribution in [1.82, 2.24) is 4.90 Å². The van der Waals surface area contributed by atoms with Gasteiger partial charge in [-0.3, -0.25) is 0 Å². The second kappa shape index (κ2) is 9.52. The number of hydrogen-bond donors (Lipinski definition) is 1. The third-order valence-corrected chi connectivity index (χ3v) is 3.76. The lowest BCUT2D eigenvalue weighted by Crippen LogP contribution is -2.35. The van der Waals surface area contributed by atoms with Crippen LogP contribution in [0.25, 0.3) is 0 Å². The number of benzene rings is 2. The predicted molar refractivity (Wildman–Crippen MR) is 97.1 cm³/mol. The normalized spacial score (nSPS) is 12.2. The molecule has 0 aromatic heterocycles. The maximum atomic E-state index is 10.1. The van der Waals surface area contributed by atoms with Gasteiger partial charge in [0.1, 0.15) is 30.8 Å². The Morgan fingerprint density at radius 3 is 2.54 bits per heavy atom. The van der Waals surface area contributed by atoms with Crippen molar-refractivity contribution in [2.45, 2.75) is 13.0 Å². The van der Waals surface area contributed by atoms with Crippen LogP contribution in [0.2, 0.25) is 5.02 Å². The van der Waals surface area contributed by atoms with Gasteiger partial charge in [-0.15, -0.1) is 0 Å². The van der Waals surface area contributed by atoms with E-state index in [1.165, 1.54) is 5.56 Å². The molecule has 4 nitrogen and oxygen atoms in total. The highest BCUT2D eigenvalue weighted by Gasteiger charge is 2.09. The summed E-state index contributed by atoms with van der Waals surface area (Å²) in [4.78, 5) is 2.01. The average Bonchev–Trinajstić information content (AvgIpc) is 2.54. The van der Waals surface area contributed by atoms with Crippen LogP contribution in [-0.2, 0) is 0 Å². The summed E-state index contributed by atoms with van der Waals surface area (Å²) in [6.45, 7) is 4.04. The standard InChI is InChI=1S/C19H24ClNO3/c1-15-6-8-18(9-7-15)24-14-17(22)13-21(2)10-11-23-19-5-3-4-16(20)12-19/h3-9,12,17,22H,10-11,13-14H2,1-2H3. The molecule has 0 heterocycles. The maximum Gasteiger partial charge on any atom is 0.120 e. The molecule has 0 aliphatic carbocycles. The smallest absolute Gasteiger partial charge is 0.120 e. The zero-order chi connectivity index (χ0) is 17.4. The van der Waals surface area contributed by atoms with Gasteiger partial charge in [0.25, 0.3) is 0 Å². The minimum atomic E-state index is -0.553. The highest BCUT2D eigenvalue weighted by atomic mass is 35.5. The summed E-state index contributed by atoms with van der Waals surface area (Å²) in [5, 5.41) is 10.7. The summed E-state index contributed by atoms with van der Waals surface area (Å²) in [5.74, 6) is 1.52. The van der Waals surface area contributed by atoms with E-state index in [1.54, 1.807) is 6.07 Å². The van der Waals surface area contributed by atoms with E-state index >= 15 is 0 Å². The third-order valence-electron chi connectivity index (χ3n) is 3.52. The number of halogens is 1. The van der Waals surface area contributed by atoms with Gasteiger partial charge in [0, 0.05) is 18.1 Å². The first kappa shape index (κ1) is 18.6. The van der Waals surface area contributed by atoms with Gasteiger partial charge in [0.15, 0.2) is 0 Å². The number of aryl methyl sites for hydroxylation is 1. The molecule has 2 rings (SSSR count). The number of hydrogen-bond acceptors (Lipinski definition) is 4. The Kier molecular flexibility index (Phi) is 7.37. The third kappa shape index (κ3) is 6.79. The van der Waals surface area contributed by atoms with Crippen LogP contribution in [-0.4, -0.2) is 49.5 Å². The summed E-state index contributed by atoms with van der Waals surface area (Å²) in [6.07, 6.45) is -0.553. The first-order chi connectivity index (χ1) is 11.5. The van der Waals surface area contributed by atoms with Crippen molar-refractivity contribution in [2.75, 3.05) is 33.4 Å². The van der Waals surface area contributed by atoms with Gasteiger partial charge >= 0.3 is 0 Å². The first-order valence-corrected chi connectivity index (χ1v) is 8.35. The van der Waals surface area contributed by atoms with Crippen molar-refractivity contribution in [2.24, 2.45) is 0 Å². The van der Waals surface area contributed by atoms with Crippen LogP contribution in [0.15, 0.2) is 48.5 Å². The molecule has 0 bridgehead atoms. The highest BCUT2D eigenvalue weighted by molar-refractivity contribution is 6.30. The molecule has 130 valence electrons. The van der Waals surface area contributed by atoms with Gasteiger partial charge in [-0.1, -0.05) is 35.4 Å². The number of ether oxygens (including phenoxy) is 2. The summed E-state index contributed by atoms with van der Waals surface area (Å²) in [6, 6.07) is 15.1. The molecule has 2 aromatic rings. The molecule has 1 atom stereocenters. The Hall–Kier alpha value is -1.75. The SMILES string of the molecule is Cc1ccc(OCC(O)CN(C)CCOc2cccc(Cl)c2)cc1. The van der Waals surface area contributed by atoms with Crippen LogP contribution in [0.1, 0.15) is 5.56 Å². The van der Waals surface area contributed by atoms with Crippen molar-refractivity contribution >= 4 is 11.6 Å². The highest BCUT2D eigenvalue weighted by Crippen LogP contribution is 2.17. The second-order valence-corrected chi connectivity index (χ2v) is 6.28. The number of aliphatic hydroxyl groups is 1. The summed E-state index contributed by atoms with van der Waals surface area (Å²) >= 11 is 5.91. The van der Waals surface area contributed by atoms with Crippen LogP contribution >= 0.6 is 11.6 Å². The lowest BCUT2D eigenvalue weighted by molar-refractivity contribution is 0.0723. The average molecular weight is 350 g/mol. The molecule has 0 radical (unpaired) electrons. The van der Waals surface area contributed by atoms with Gasteiger partial charge in [-0.2, -0.15) is 0 Å². The van der Waals surface area contributed by atoms with Crippen molar-refractivity contribution in [1.29, 1.82) is 0 Å². The Balaban J connectivity index is 1.64. The lowest BCUT2D eigenvalue weighted by Gasteiger charge is -2.21. The van der Waals surface area contributed by atoms with E-state index < -0.39 is 6.10 Å². The van der Waals surface area contributed by atoms with E-state index in [2.05, 4.69) is 0 Å². The molecule has 24 heavy (non-hydrogen) atoms. The fraction of sp³-hybridized carbons (Fsp3) is 0.368. The summed E-state index contributed by atoms with van der Waals surface area (Å²) in [7, 11) is 1.94. The molecule has 0 saturated heterocycles. The van der Waals surface area contributed by atoms with E-state index in [0.29, 0.717) is 24.7 Å². The van der Waals surface area contributed by atoms with E-state index in [9.17, 15) is 5.11 Å². The molecule has 1 unspecified atom stereocenters. The van der Waals surface area contributed by atoms with Crippen LogP contribution in [0.5, 0.6) is 11.5 Å². The van der Waals surface area contributed by atoms with Gasteiger partial charge < -0.3 is 19.5 Å². The van der Waals surface area contributed by atoms with Gasteiger partial charge in [-0.05, 0) is 44.3 Å². The number of rotatable bonds is 9. The van der Waals surface area contributed by atoms with Gasteiger partial charge in [0.05, 0.1) is 0 Å². The molecule has 2 aromatic carbocycles. The first-order valence-electron chi connectivity index (χ1n) is 7.97. The molecule has 5 heteroatoms. The van der Waals surface area contributed by atoms with Crippen molar-refractivity contribution in [3.63, 3.8) is 0 Å². The van der Waals surface area contributed by atoms with Crippen molar-refractivity contribution in [3.05, 3.63) is 59.1 Å². The molecule has 0 amide bonds. The summed E-state index contributed by atoms with van der Waals surface area (Å²) in [5.41, 5.74) is 1.18. The van der Waals surface area contributed by atoms with E-state index in [0.717, 1.165) is 11.5 Å². The largest absolute Gasteiger partial charge is 0.492 e. The van der Waals surface area contributed by atoms with Crippen LogP contribution in [0, 0.1) is 6.92 Å². The quantitative estimate of drug-likeness (QED) is 0.753. The van der Waals surface area contributed by atoms with Crippen LogP contribution in [0.3, 0.4) is 0 Å². The summed E-state index contributed by atoms with van der Waals surface area (Å²) < 4.78 is 11.2. The zero-order valence-corrected chi connectivity index (χ0v) is 14.9. The van der Waals surface area contributed by atoms with Gasteiger partial charge in [-0.25, -0.2) is 0 Å². The number of likely N-dealkylation sites (N-methyl/N-ethyl adjacent to an activating group) is 1.